The second kappa shape index (κ2) is 7.70. The van der Waals surface area contributed by atoms with Gasteiger partial charge >= 0.3 is 0 Å². The van der Waals surface area contributed by atoms with E-state index < -0.39 is 29.4 Å². The zero-order chi connectivity index (χ0) is 21.3. The third kappa shape index (κ3) is 3.66. The van der Waals surface area contributed by atoms with Crippen LogP contribution in [0, 0.1) is 6.92 Å². The first-order valence-corrected chi connectivity index (χ1v) is 8.91. The molecule has 9 nitrogen and oxygen atoms in total. The van der Waals surface area contributed by atoms with Crippen LogP contribution in [0.4, 0.5) is 5.88 Å². The number of carbonyl (C=O) groups excluding carboxylic acids is 5. The van der Waals surface area contributed by atoms with Crippen molar-refractivity contribution in [2.75, 3.05) is 11.9 Å². The van der Waals surface area contributed by atoms with Crippen LogP contribution in [0.3, 0.4) is 0 Å². The number of primary amides is 1. The first-order valence-electron chi connectivity index (χ1n) is 8.91. The lowest BCUT2D eigenvalue weighted by Crippen LogP contribution is -2.31. The van der Waals surface area contributed by atoms with Crippen molar-refractivity contribution in [1.82, 2.24) is 4.90 Å². The van der Waals surface area contributed by atoms with E-state index in [0.717, 1.165) is 4.90 Å². The molecule has 2 heterocycles. The Morgan fingerprint density at radius 1 is 1.07 bits per heavy atom. The van der Waals surface area contributed by atoms with E-state index in [1.807, 2.05) is 0 Å². The van der Waals surface area contributed by atoms with Crippen LogP contribution in [0.5, 0.6) is 0 Å². The monoisotopic (exact) mass is 397 g/mol. The van der Waals surface area contributed by atoms with Crippen LogP contribution in [-0.2, 0) is 4.79 Å². The summed E-state index contributed by atoms with van der Waals surface area (Å²) in [5.74, 6) is -2.62. The van der Waals surface area contributed by atoms with Crippen LogP contribution >= 0.6 is 0 Å². The molecule has 0 bridgehead atoms. The van der Waals surface area contributed by atoms with E-state index in [0.29, 0.717) is 11.1 Å². The van der Waals surface area contributed by atoms with Gasteiger partial charge in [0.05, 0.1) is 16.7 Å². The minimum Gasteiger partial charge on any atom is -0.444 e. The van der Waals surface area contributed by atoms with Crippen molar-refractivity contribution in [2.24, 2.45) is 5.73 Å². The molecule has 3 rings (SSSR count). The minimum atomic E-state index is -0.895. The number of amides is 4. The first kappa shape index (κ1) is 20.0. The van der Waals surface area contributed by atoms with Gasteiger partial charge < -0.3 is 10.2 Å². The molecule has 9 heteroatoms. The summed E-state index contributed by atoms with van der Waals surface area (Å²) < 4.78 is 5.32. The highest BCUT2D eigenvalue weighted by atomic mass is 16.4. The fourth-order valence-corrected chi connectivity index (χ4v) is 3.32. The standard InChI is InChI=1S/C20H19N3O6/c1-10(24)15-11(2)29-18(16(15)17(21)26)22-14(25)8-5-9-23-19(27)12-6-3-4-7-13(12)20(23)28/h3-4,6-7H,5,8-9H2,1-2H3,(H2,21,26)(H,22,25). The molecule has 1 aromatic heterocycles. The number of nitrogens with one attached hydrogen (secondary N) is 1. The molecule has 2 aromatic rings. The molecule has 1 aliphatic heterocycles. The molecule has 3 N–H and O–H groups in total. The molecule has 1 aromatic carbocycles. The number of ketones is 1. The molecule has 150 valence electrons. The average molecular weight is 397 g/mol. The van der Waals surface area contributed by atoms with Gasteiger partial charge in [0, 0.05) is 13.0 Å². The number of rotatable bonds is 7. The zero-order valence-corrected chi connectivity index (χ0v) is 15.9. The molecule has 0 unspecified atom stereocenters. The second-order valence-corrected chi connectivity index (χ2v) is 6.62. The van der Waals surface area contributed by atoms with Crippen molar-refractivity contribution in [2.45, 2.75) is 26.7 Å². The van der Waals surface area contributed by atoms with Gasteiger partial charge in [0.1, 0.15) is 11.3 Å². The normalized spacial score (nSPS) is 12.8. The maximum atomic E-state index is 12.3. The highest BCUT2D eigenvalue weighted by Gasteiger charge is 2.34. The van der Waals surface area contributed by atoms with Crippen molar-refractivity contribution < 1.29 is 28.4 Å². The van der Waals surface area contributed by atoms with Crippen LogP contribution in [0.15, 0.2) is 28.7 Å². The summed E-state index contributed by atoms with van der Waals surface area (Å²) in [7, 11) is 0. The van der Waals surface area contributed by atoms with E-state index in [4.69, 9.17) is 10.2 Å². The number of furan rings is 1. The molecule has 0 saturated carbocycles. The summed E-state index contributed by atoms with van der Waals surface area (Å²) in [5.41, 5.74) is 5.85. The van der Waals surface area contributed by atoms with Gasteiger partial charge in [-0.05, 0) is 32.4 Å². The summed E-state index contributed by atoms with van der Waals surface area (Å²) >= 11 is 0. The molecular formula is C20H19N3O6. The molecule has 0 spiro atoms. The Bertz CT molecular complexity index is 1020. The Balaban J connectivity index is 1.63. The molecule has 0 aliphatic carbocycles. The molecule has 0 fully saturated rings. The number of fused-ring (bicyclic) bond motifs is 1. The van der Waals surface area contributed by atoms with Crippen molar-refractivity contribution in [3.05, 3.63) is 52.3 Å². The maximum Gasteiger partial charge on any atom is 0.261 e. The molecule has 4 amide bonds. The Labute approximate surface area is 165 Å². The zero-order valence-electron chi connectivity index (χ0n) is 15.9. The molecule has 29 heavy (non-hydrogen) atoms. The van der Waals surface area contributed by atoms with Crippen molar-refractivity contribution in [3.8, 4) is 0 Å². The lowest BCUT2D eigenvalue weighted by molar-refractivity contribution is -0.116. The first-order chi connectivity index (χ1) is 13.7. The van der Waals surface area contributed by atoms with Crippen molar-refractivity contribution in [1.29, 1.82) is 0 Å². The highest BCUT2D eigenvalue weighted by Crippen LogP contribution is 2.27. The molecule has 1 aliphatic rings. The summed E-state index contributed by atoms with van der Waals surface area (Å²) in [5, 5.41) is 2.43. The van der Waals surface area contributed by atoms with Gasteiger partial charge in [0.2, 0.25) is 11.8 Å². The average Bonchev–Trinajstić information content (AvgIpc) is 3.11. The van der Waals surface area contributed by atoms with Gasteiger partial charge in [-0.1, -0.05) is 12.1 Å². The summed E-state index contributed by atoms with van der Waals surface area (Å²) in [4.78, 5) is 61.3. The predicted octanol–water partition coefficient (Wildman–Crippen LogP) is 1.90. The maximum absolute atomic E-state index is 12.3. The Morgan fingerprint density at radius 2 is 1.66 bits per heavy atom. The number of hydrogen-bond acceptors (Lipinski definition) is 6. The number of carbonyl (C=O) groups is 5. The van der Waals surface area contributed by atoms with E-state index in [1.54, 1.807) is 24.3 Å². The number of nitrogens with two attached hydrogens (primary N) is 1. The molecule has 0 saturated heterocycles. The van der Waals surface area contributed by atoms with Gasteiger partial charge in [-0.2, -0.15) is 0 Å². The number of anilines is 1. The van der Waals surface area contributed by atoms with E-state index >= 15 is 0 Å². The predicted molar refractivity (Wildman–Crippen MR) is 102 cm³/mol. The second-order valence-electron chi connectivity index (χ2n) is 6.62. The number of imide groups is 1. The van der Waals surface area contributed by atoms with Crippen LogP contribution < -0.4 is 11.1 Å². The van der Waals surface area contributed by atoms with Crippen LogP contribution in [0.2, 0.25) is 0 Å². The summed E-state index contributed by atoms with van der Waals surface area (Å²) in [6, 6.07) is 6.52. The number of benzene rings is 1. The summed E-state index contributed by atoms with van der Waals surface area (Å²) in [6.45, 7) is 2.82. The number of hydrogen-bond donors (Lipinski definition) is 2. The Kier molecular flexibility index (Phi) is 5.31. The highest BCUT2D eigenvalue weighted by molar-refractivity contribution is 6.21. The van der Waals surface area contributed by atoms with Gasteiger partial charge in [-0.15, -0.1) is 0 Å². The van der Waals surface area contributed by atoms with E-state index in [2.05, 4.69) is 5.32 Å². The molecule has 0 radical (unpaired) electrons. The number of aryl methyl sites for hydroxylation is 1. The smallest absolute Gasteiger partial charge is 0.261 e. The van der Waals surface area contributed by atoms with Crippen LogP contribution in [0.25, 0.3) is 0 Å². The SMILES string of the molecule is CC(=O)c1c(C)oc(NC(=O)CCCN2C(=O)c3ccccc3C2=O)c1C(N)=O. The fourth-order valence-electron chi connectivity index (χ4n) is 3.32. The lowest BCUT2D eigenvalue weighted by Gasteiger charge is -2.13. The molecular weight excluding hydrogens is 378 g/mol. The van der Waals surface area contributed by atoms with Gasteiger partial charge in [0.25, 0.3) is 17.7 Å². The van der Waals surface area contributed by atoms with E-state index in [9.17, 15) is 24.0 Å². The van der Waals surface area contributed by atoms with Gasteiger partial charge in [-0.3, -0.25) is 34.2 Å². The third-order valence-electron chi connectivity index (χ3n) is 4.60. The Hall–Kier alpha value is -3.75. The largest absolute Gasteiger partial charge is 0.444 e. The van der Waals surface area contributed by atoms with Crippen LogP contribution in [0.1, 0.15) is 67.0 Å². The van der Waals surface area contributed by atoms with Gasteiger partial charge in [-0.25, -0.2) is 0 Å². The van der Waals surface area contributed by atoms with Crippen molar-refractivity contribution >= 4 is 35.3 Å². The minimum absolute atomic E-state index is 0.0267. The number of nitrogens with zero attached hydrogens (tertiary/aromatic N) is 1. The van der Waals surface area contributed by atoms with Crippen LogP contribution in [-0.4, -0.2) is 40.9 Å². The van der Waals surface area contributed by atoms with Crippen molar-refractivity contribution in [3.63, 3.8) is 0 Å². The van der Waals surface area contributed by atoms with Gasteiger partial charge in [0.15, 0.2) is 5.78 Å². The van der Waals surface area contributed by atoms with E-state index in [1.165, 1.54) is 13.8 Å². The molecule has 0 atom stereocenters. The quantitative estimate of drug-likeness (QED) is 0.540. The fraction of sp³-hybridized carbons (Fsp3) is 0.250. The number of Topliss-reactive ketones (excluding diaryl/α,β-unsaturated/α-hetero) is 1. The van der Waals surface area contributed by atoms with E-state index in [-0.39, 0.29) is 42.2 Å². The third-order valence-corrected chi connectivity index (χ3v) is 4.60. The Morgan fingerprint density at radius 3 is 2.17 bits per heavy atom. The summed E-state index contributed by atoms with van der Waals surface area (Å²) in [6.07, 6.45) is 0.170. The lowest BCUT2D eigenvalue weighted by atomic mass is 10.1. The topological polar surface area (TPSA) is 140 Å².